The van der Waals surface area contributed by atoms with E-state index >= 15 is 0 Å². The number of aliphatic hydroxyl groups excluding tert-OH is 1. The molecular weight excluding hydrogens is 375 g/mol. The first kappa shape index (κ1) is 20.2. The molecule has 1 saturated heterocycles. The van der Waals surface area contributed by atoms with Crippen LogP contribution in [0.3, 0.4) is 0 Å². The number of aromatic nitrogens is 1. The number of halogens is 3. The van der Waals surface area contributed by atoms with Crippen molar-refractivity contribution in [2.24, 2.45) is 5.92 Å². The maximum absolute atomic E-state index is 14.1. The standard InChI is InChI=1S/C19H20F3N3O3/c1-28-17(26)7-12(10-3-2-4-23-9-10)18-16(24-25-19(18)27)6-11-5-14(21)15(22)8-13(11)20/h2-5,8-9,12,16,18-19,24-25,27H,6-7H2,1H3. The molecule has 1 aliphatic rings. The van der Waals surface area contributed by atoms with Crippen LogP contribution in [0.5, 0.6) is 0 Å². The second kappa shape index (κ2) is 8.68. The number of carbonyl (C=O) groups excluding carboxylic acids is 1. The first-order valence-corrected chi connectivity index (χ1v) is 8.70. The molecular formula is C19H20F3N3O3. The van der Waals surface area contributed by atoms with E-state index in [1.165, 1.54) is 7.11 Å². The summed E-state index contributed by atoms with van der Waals surface area (Å²) >= 11 is 0. The van der Waals surface area contributed by atoms with Crippen LogP contribution in [0.4, 0.5) is 13.2 Å². The zero-order valence-electron chi connectivity index (χ0n) is 15.0. The highest BCUT2D eigenvalue weighted by Gasteiger charge is 2.42. The van der Waals surface area contributed by atoms with E-state index in [1.54, 1.807) is 24.5 Å². The number of pyridine rings is 1. The van der Waals surface area contributed by atoms with Crippen LogP contribution in [-0.4, -0.2) is 35.4 Å². The minimum absolute atomic E-state index is 0.0320. The van der Waals surface area contributed by atoms with Crippen molar-refractivity contribution in [2.75, 3.05) is 7.11 Å². The molecule has 9 heteroatoms. The molecule has 2 heterocycles. The van der Waals surface area contributed by atoms with E-state index in [4.69, 9.17) is 4.74 Å². The van der Waals surface area contributed by atoms with Crippen molar-refractivity contribution in [2.45, 2.75) is 31.0 Å². The van der Waals surface area contributed by atoms with Crippen molar-refractivity contribution in [3.63, 3.8) is 0 Å². The maximum Gasteiger partial charge on any atom is 0.306 e. The van der Waals surface area contributed by atoms with Gasteiger partial charge in [0.1, 0.15) is 12.0 Å². The molecule has 4 atom stereocenters. The Hall–Kier alpha value is -2.49. The number of ether oxygens (including phenoxy) is 1. The lowest BCUT2D eigenvalue weighted by atomic mass is 9.78. The van der Waals surface area contributed by atoms with Crippen molar-refractivity contribution >= 4 is 5.97 Å². The fourth-order valence-corrected chi connectivity index (χ4v) is 3.58. The quantitative estimate of drug-likeness (QED) is 0.511. The summed E-state index contributed by atoms with van der Waals surface area (Å²) in [7, 11) is 1.26. The van der Waals surface area contributed by atoms with Gasteiger partial charge < -0.3 is 9.84 Å². The molecule has 0 radical (unpaired) electrons. The summed E-state index contributed by atoms with van der Waals surface area (Å²) in [6, 6.07) is 4.19. The van der Waals surface area contributed by atoms with E-state index < -0.39 is 47.5 Å². The van der Waals surface area contributed by atoms with Gasteiger partial charge in [0.25, 0.3) is 0 Å². The van der Waals surface area contributed by atoms with Crippen molar-refractivity contribution in [1.82, 2.24) is 15.8 Å². The Bertz CT molecular complexity index is 838. The third-order valence-electron chi connectivity index (χ3n) is 4.97. The summed E-state index contributed by atoms with van der Waals surface area (Å²) in [6.45, 7) is 0. The average Bonchev–Trinajstić information content (AvgIpc) is 3.04. The number of hydrazine groups is 1. The maximum atomic E-state index is 14.1. The normalized spacial score (nSPS) is 22.8. The molecule has 1 aromatic heterocycles. The van der Waals surface area contributed by atoms with Gasteiger partial charge in [-0.3, -0.25) is 15.2 Å². The van der Waals surface area contributed by atoms with E-state index in [1.807, 2.05) is 0 Å². The molecule has 0 bridgehead atoms. The Labute approximate surface area is 159 Å². The van der Waals surface area contributed by atoms with Crippen molar-refractivity contribution in [1.29, 1.82) is 0 Å². The summed E-state index contributed by atoms with van der Waals surface area (Å²) in [5, 5.41) is 10.4. The van der Waals surface area contributed by atoms with Crippen LogP contribution in [0, 0.1) is 23.4 Å². The van der Waals surface area contributed by atoms with Crippen LogP contribution < -0.4 is 10.9 Å². The summed E-state index contributed by atoms with van der Waals surface area (Å²) < 4.78 is 45.6. The molecule has 0 amide bonds. The van der Waals surface area contributed by atoms with Crippen LogP contribution >= 0.6 is 0 Å². The number of benzene rings is 1. The highest BCUT2D eigenvalue weighted by molar-refractivity contribution is 5.70. The Morgan fingerprint density at radius 3 is 2.68 bits per heavy atom. The third kappa shape index (κ3) is 4.32. The van der Waals surface area contributed by atoms with Gasteiger partial charge in [0, 0.05) is 36.3 Å². The second-order valence-electron chi connectivity index (χ2n) is 6.65. The molecule has 1 fully saturated rings. The van der Waals surface area contributed by atoms with E-state index in [9.17, 15) is 23.1 Å². The highest BCUT2D eigenvalue weighted by Crippen LogP contribution is 2.36. The Morgan fingerprint density at radius 2 is 2.00 bits per heavy atom. The average molecular weight is 395 g/mol. The largest absolute Gasteiger partial charge is 0.469 e. The molecule has 3 N–H and O–H groups in total. The SMILES string of the molecule is COC(=O)CC(c1cccnc1)C1C(O)NNC1Cc1cc(F)c(F)cc1F. The fourth-order valence-electron chi connectivity index (χ4n) is 3.58. The topological polar surface area (TPSA) is 83.5 Å². The van der Waals surface area contributed by atoms with Gasteiger partial charge in [0.15, 0.2) is 11.6 Å². The summed E-state index contributed by atoms with van der Waals surface area (Å²) in [5.74, 6) is -4.88. The first-order valence-electron chi connectivity index (χ1n) is 8.70. The molecule has 150 valence electrons. The Kier molecular flexibility index (Phi) is 6.28. The number of hydrogen-bond donors (Lipinski definition) is 3. The van der Waals surface area contributed by atoms with E-state index in [2.05, 4.69) is 15.8 Å². The third-order valence-corrected chi connectivity index (χ3v) is 4.97. The first-order chi connectivity index (χ1) is 13.4. The van der Waals surface area contributed by atoms with E-state index in [-0.39, 0.29) is 18.4 Å². The van der Waals surface area contributed by atoms with Gasteiger partial charge in [-0.25, -0.2) is 18.6 Å². The van der Waals surface area contributed by atoms with Gasteiger partial charge in [-0.2, -0.15) is 0 Å². The van der Waals surface area contributed by atoms with Gasteiger partial charge in [0.05, 0.1) is 13.5 Å². The van der Waals surface area contributed by atoms with E-state index in [0.717, 1.165) is 6.07 Å². The number of carbonyl (C=O) groups is 1. The predicted octanol–water partition coefficient (Wildman–Crippen LogP) is 1.80. The monoisotopic (exact) mass is 395 g/mol. The molecule has 28 heavy (non-hydrogen) atoms. The number of nitrogens with zero attached hydrogens (tertiary/aromatic N) is 1. The molecule has 1 aromatic carbocycles. The summed E-state index contributed by atoms with van der Waals surface area (Å²) in [5.41, 5.74) is 6.17. The zero-order chi connectivity index (χ0) is 20.3. The molecule has 0 saturated carbocycles. The van der Waals surface area contributed by atoms with Gasteiger partial charge in [0.2, 0.25) is 0 Å². The van der Waals surface area contributed by atoms with Crippen LogP contribution in [0.2, 0.25) is 0 Å². The van der Waals surface area contributed by atoms with Crippen LogP contribution in [0.15, 0.2) is 36.7 Å². The molecule has 0 aliphatic carbocycles. The number of hydrogen-bond acceptors (Lipinski definition) is 6. The van der Waals surface area contributed by atoms with Gasteiger partial charge in [-0.1, -0.05) is 6.07 Å². The number of esters is 1. The lowest BCUT2D eigenvalue weighted by molar-refractivity contribution is -0.141. The minimum Gasteiger partial charge on any atom is -0.469 e. The molecule has 3 rings (SSSR count). The number of rotatable bonds is 6. The van der Waals surface area contributed by atoms with Gasteiger partial charge in [-0.05, 0) is 29.7 Å². The second-order valence-corrected chi connectivity index (χ2v) is 6.65. The summed E-state index contributed by atoms with van der Waals surface area (Å²) in [6.07, 6.45) is 2.02. The van der Waals surface area contributed by atoms with Gasteiger partial charge in [-0.15, -0.1) is 0 Å². The number of methoxy groups -OCH3 is 1. The molecule has 6 nitrogen and oxygen atoms in total. The van der Waals surface area contributed by atoms with Crippen LogP contribution in [-0.2, 0) is 16.0 Å². The van der Waals surface area contributed by atoms with Crippen LogP contribution in [0.1, 0.15) is 23.5 Å². The van der Waals surface area contributed by atoms with Crippen molar-refractivity contribution in [3.8, 4) is 0 Å². The molecule has 2 aromatic rings. The molecule has 1 aliphatic heterocycles. The lowest BCUT2D eigenvalue weighted by Crippen LogP contribution is -2.36. The van der Waals surface area contributed by atoms with Gasteiger partial charge >= 0.3 is 5.97 Å². The zero-order valence-corrected chi connectivity index (χ0v) is 15.0. The van der Waals surface area contributed by atoms with Crippen molar-refractivity contribution in [3.05, 3.63) is 65.2 Å². The van der Waals surface area contributed by atoms with Crippen LogP contribution in [0.25, 0.3) is 0 Å². The Morgan fingerprint density at radius 1 is 1.25 bits per heavy atom. The minimum atomic E-state index is -1.27. The number of nitrogens with one attached hydrogen (secondary N) is 2. The van der Waals surface area contributed by atoms with Crippen molar-refractivity contribution < 1.29 is 27.8 Å². The molecule has 4 unspecified atom stereocenters. The number of aliphatic hydroxyl groups is 1. The highest BCUT2D eigenvalue weighted by atomic mass is 19.2. The predicted molar refractivity (Wildman–Crippen MR) is 93.2 cm³/mol. The lowest BCUT2D eigenvalue weighted by Gasteiger charge is -2.29. The smallest absolute Gasteiger partial charge is 0.306 e. The Balaban J connectivity index is 1.91. The fraction of sp³-hybridized carbons (Fsp3) is 0.368. The molecule has 0 spiro atoms. The van der Waals surface area contributed by atoms with E-state index in [0.29, 0.717) is 11.6 Å². The summed E-state index contributed by atoms with van der Waals surface area (Å²) in [4.78, 5) is 16.0.